The van der Waals surface area contributed by atoms with Gasteiger partial charge in [0.15, 0.2) is 6.10 Å². The monoisotopic (exact) mass is 460 g/mol. The maximum Gasteiger partial charge on any atom is 0.308 e. The van der Waals surface area contributed by atoms with Gasteiger partial charge in [0, 0.05) is 33.4 Å². The van der Waals surface area contributed by atoms with Crippen LogP contribution in [0.5, 0.6) is 0 Å². The molecule has 2 amide bonds. The number of nitrogens with zero attached hydrogens (tertiary/aromatic N) is 1. The van der Waals surface area contributed by atoms with E-state index in [0.29, 0.717) is 26.9 Å². The van der Waals surface area contributed by atoms with Crippen molar-refractivity contribution in [3.05, 3.63) is 75.8 Å². The fourth-order valence-electron chi connectivity index (χ4n) is 3.35. The fraction of sp³-hybridized carbons (Fsp3) is 0.261. The molecule has 0 spiro atoms. The minimum absolute atomic E-state index is 0.0606. The van der Waals surface area contributed by atoms with E-state index in [2.05, 4.69) is 11.9 Å². The number of amides is 2. The Labute approximate surface area is 190 Å². The molecular weight excluding hydrogens is 439 g/mol. The third kappa shape index (κ3) is 5.09. The van der Waals surface area contributed by atoms with Crippen LogP contribution < -0.4 is 5.32 Å². The molecule has 1 heterocycles. The second-order valence-corrected chi connectivity index (χ2v) is 8.07. The van der Waals surface area contributed by atoms with Gasteiger partial charge in [-0.15, -0.1) is 0 Å². The molecule has 8 heteroatoms. The summed E-state index contributed by atoms with van der Waals surface area (Å²) in [5.74, 6) is -1.25. The largest absolute Gasteiger partial charge is 0.452 e. The van der Waals surface area contributed by atoms with Gasteiger partial charge in [-0.05, 0) is 37.6 Å². The SMILES string of the molecule is C=C1c2ccccc2C(=O)N1CCC(=O)OC(C)C(=O)NC(C)c1ccc(Cl)cc1Cl. The zero-order chi connectivity index (χ0) is 22.7. The maximum atomic E-state index is 12.5. The highest BCUT2D eigenvalue weighted by Gasteiger charge is 2.31. The van der Waals surface area contributed by atoms with E-state index in [1.807, 2.05) is 12.1 Å². The molecule has 1 N–H and O–H groups in total. The van der Waals surface area contributed by atoms with Crippen LogP contribution in [-0.2, 0) is 14.3 Å². The molecule has 31 heavy (non-hydrogen) atoms. The molecule has 0 aromatic heterocycles. The van der Waals surface area contributed by atoms with E-state index in [1.165, 1.54) is 11.8 Å². The second-order valence-electron chi connectivity index (χ2n) is 7.23. The van der Waals surface area contributed by atoms with Gasteiger partial charge in [-0.3, -0.25) is 14.4 Å². The van der Waals surface area contributed by atoms with E-state index >= 15 is 0 Å². The van der Waals surface area contributed by atoms with Crippen LogP contribution in [0, 0.1) is 0 Å². The van der Waals surface area contributed by atoms with Crippen LogP contribution in [0.25, 0.3) is 5.70 Å². The number of ether oxygens (including phenoxy) is 1. The highest BCUT2D eigenvalue weighted by Crippen LogP contribution is 2.31. The molecule has 0 bridgehead atoms. The van der Waals surface area contributed by atoms with Gasteiger partial charge >= 0.3 is 5.97 Å². The lowest BCUT2D eigenvalue weighted by Gasteiger charge is -2.20. The van der Waals surface area contributed by atoms with E-state index in [0.717, 1.165) is 5.56 Å². The minimum atomic E-state index is -1.00. The Hall–Kier alpha value is -2.83. The molecule has 2 aromatic rings. The van der Waals surface area contributed by atoms with E-state index in [1.54, 1.807) is 37.3 Å². The summed E-state index contributed by atoms with van der Waals surface area (Å²) in [6, 6.07) is 11.7. The number of carbonyl (C=O) groups is 3. The average Bonchev–Trinajstić information content (AvgIpc) is 2.96. The van der Waals surface area contributed by atoms with Gasteiger partial charge in [-0.2, -0.15) is 0 Å². The van der Waals surface area contributed by atoms with E-state index in [4.69, 9.17) is 27.9 Å². The quantitative estimate of drug-likeness (QED) is 0.611. The van der Waals surface area contributed by atoms with Crippen molar-refractivity contribution in [3.63, 3.8) is 0 Å². The first kappa shape index (κ1) is 22.8. The number of esters is 1. The Morgan fingerprint density at radius 1 is 1.13 bits per heavy atom. The molecule has 0 saturated heterocycles. The predicted octanol–water partition coefficient (Wildman–Crippen LogP) is 4.62. The normalized spacial score (nSPS) is 14.8. The van der Waals surface area contributed by atoms with Crippen LogP contribution in [0.15, 0.2) is 49.0 Å². The van der Waals surface area contributed by atoms with Crippen molar-refractivity contribution >= 4 is 46.7 Å². The Kier molecular flexibility index (Phi) is 7.03. The molecular formula is C23H22Cl2N2O4. The molecule has 2 atom stereocenters. The number of halogens is 2. The number of carbonyl (C=O) groups excluding carboxylic acids is 3. The van der Waals surface area contributed by atoms with Gasteiger partial charge < -0.3 is 15.0 Å². The van der Waals surface area contributed by atoms with Crippen molar-refractivity contribution in [3.8, 4) is 0 Å². The third-order valence-corrected chi connectivity index (χ3v) is 5.61. The van der Waals surface area contributed by atoms with E-state index in [-0.39, 0.29) is 18.9 Å². The second kappa shape index (κ2) is 9.54. The molecule has 0 aliphatic carbocycles. The molecule has 3 rings (SSSR count). The van der Waals surface area contributed by atoms with Crippen molar-refractivity contribution in [2.75, 3.05) is 6.54 Å². The summed E-state index contributed by atoms with van der Waals surface area (Å²) >= 11 is 12.1. The number of rotatable bonds is 7. The zero-order valence-corrected chi connectivity index (χ0v) is 18.7. The van der Waals surface area contributed by atoms with Gasteiger partial charge in [0.2, 0.25) is 0 Å². The van der Waals surface area contributed by atoms with Gasteiger partial charge in [0.1, 0.15) is 0 Å². The number of hydrogen-bond donors (Lipinski definition) is 1. The lowest BCUT2D eigenvalue weighted by molar-refractivity contribution is -0.155. The molecule has 162 valence electrons. The first-order valence-corrected chi connectivity index (χ1v) is 10.5. The van der Waals surface area contributed by atoms with Crippen molar-refractivity contribution < 1.29 is 19.1 Å². The first-order valence-electron chi connectivity index (χ1n) is 9.74. The van der Waals surface area contributed by atoms with Crippen LogP contribution >= 0.6 is 23.2 Å². The Morgan fingerprint density at radius 3 is 2.45 bits per heavy atom. The summed E-state index contributed by atoms with van der Waals surface area (Å²) < 4.78 is 5.23. The van der Waals surface area contributed by atoms with Crippen LogP contribution in [0.2, 0.25) is 10.0 Å². The number of fused-ring (bicyclic) bond motifs is 1. The first-order chi connectivity index (χ1) is 14.7. The van der Waals surface area contributed by atoms with Crippen molar-refractivity contribution in [2.24, 2.45) is 0 Å². The summed E-state index contributed by atoms with van der Waals surface area (Å²) in [6.45, 7) is 7.31. The fourth-order valence-corrected chi connectivity index (χ4v) is 3.92. The number of hydrogen-bond acceptors (Lipinski definition) is 4. The van der Waals surface area contributed by atoms with Crippen LogP contribution in [0.4, 0.5) is 0 Å². The molecule has 6 nitrogen and oxygen atoms in total. The molecule has 1 aliphatic rings. The maximum absolute atomic E-state index is 12.5. The van der Waals surface area contributed by atoms with Gasteiger partial charge in [-0.25, -0.2) is 0 Å². The van der Waals surface area contributed by atoms with Gasteiger partial charge in [0.05, 0.1) is 12.5 Å². The van der Waals surface area contributed by atoms with E-state index in [9.17, 15) is 14.4 Å². The predicted molar refractivity (Wildman–Crippen MR) is 120 cm³/mol. The smallest absolute Gasteiger partial charge is 0.308 e. The van der Waals surface area contributed by atoms with Crippen LogP contribution in [0.1, 0.15) is 47.8 Å². The molecule has 0 radical (unpaired) electrons. The summed E-state index contributed by atoms with van der Waals surface area (Å²) in [4.78, 5) is 38.6. The van der Waals surface area contributed by atoms with Crippen molar-refractivity contribution in [1.82, 2.24) is 10.2 Å². The Bertz CT molecular complexity index is 1020. The van der Waals surface area contributed by atoms with Crippen LogP contribution in [0.3, 0.4) is 0 Å². The third-order valence-electron chi connectivity index (χ3n) is 5.04. The van der Waals surface area contributed by atoms with E-state index < -0.39 is 24.0 Å². The zero-order valence-electron chi connectivity index (χ0n) is 17.2. The summed E-state index contributed by atoms with van der Waals surface area (Å²) in [6.07, 6.45) is -1.06. The lowest BCUT2D eigenvalue weighted by Crippen LogP contribution is -2.37. The molecule has 2 aromatic carbocycles. The Balaban J connectivity index is 1.51. The summed E-state index contributed by atoms with van der Waals surface area (Å²) in [5.41, 5.74) is 2.56. The standard InChI is InChI=1S/C23H22Cl2N2O4/c1-13(17-9-8-16(24)12-20(17)25)26-22(29)15(3)31-21(28)10-11-27-14(2)18-6-4-5-7-19(18)23(27)30/h4-9,12-13,15H,2,10-11H2,1,3H3,(H,26,29). The topological polar surface area (TPSA) is 75.7 Å². The molecule has 0 saturated carbocycles. The highest BCUT2D eigenvalue weighted by molar-refractivity contribution is 6.35. The molecule has 2 unspecified atom stereocenters. The highest BCUT2D eigenvalue weighted by atomic mass is 35.5. The summed E-state index contributed by atoms with van der Waals surface area (Å²) in [7, 11) is 0. The van der Waals surface area contributed by atoms with Crippen molar-refractivity contribution in [2.45, 2.75) is 32.4 Å². The summed E-state index contributed by atoms with van der Waals surface area (Å²) in [5, 5.41) is 3.69. The van der Waals surface area contributed by atoms with Gasteiger partial charge in [-0.1, -0.05) is 54.0 Å². The van der Waals surface area contributed by atoms with Gasteiger partial charge in [0.25, 0.3) is 11.8 Å². The molecule has 0 fully saturated rings. The van der Waals surface area contributed by atoms with Crippen LogP contribution in [-0.4, -0.2) is 35.3 Å². The number of benzene rings is 2. The average molecular weight is 461 g/mol. The Morgan fingerprint density at radius 2 is 1.81 bits per heavy atom. The lowest BCUT2D eigenvalue weighted by atomic mass is 10.1. The molecule has 1 aliphatic heterocycles. The minimum Gasteiger partial charge on any atom is -0.452 e. The number of nitrogens with one attached hydrogen (secondary N) is 1. The van der Waals surface area contributed by atoms with Crippen molar-refractivity contribution in [1.29, 1.82) is 0 Å².